The lowest BCUT2D eigenvalue weighted by atomic mass is 9.91. The van der Waals surface area contributed by atoms with Gasteiger partial charge in [-0.1, -0.05) is 44.2 Å². The number of nitrogens with zero attached hydrogens (tertiary/aromatic N) is 3. The van der Waals surface area contributed by atoms with Gasteiger partial charge in [0.25, 0.3) is 0 Å². The number of likely N-dealkylation sites (tertiary alicyclic amines) is 1. The standard InChI is InChI=1S/C24H29N3OS/c1-3-24(28)27(22-7-5-4-6-8-22)23-14-16-26(17-19(23)2)15-13-20-9-11-21(12-10-20)25-18-29/h4-12,19,23H,3,13-17H2,1-2H3/t19-,23-/m1/s1. The summed E-state index contributed by atoms with van der Waals surface area (Å²) in [5.41, 5.74) is 3.17. The maximum Gasteiger partial charge on any atom is 0.226 e. The van der Waals surface area contributed by atoms with Crippen LogP contribution in [0.3, 0.4) is 0 Å². The second kappa shape index (κ2) is 10.4. The van der Waals surface area contributed by atoms with Gasteiger partial charge in [-0.2, -0.15) is 4.99 Å². The van der Waals surface area contributed by atoms with Gasteiger partial charge < -0.3 is 9.80 Å². The minimum absolute atomic E-state index is 0.209. The molecule has 0 spiro atoms. The Morgan fingerprint density at radius 1 is 1.21 bits per heavy atom. The van der Waals surface area contributed by atoms with Crippen LogP contribution in [-0.2, 0) is 11.2 Å². The van der Waals surface area contributed by atoms with Gasteiger partial charge in [0.2, 0.25) is 5.91 Å². The zero-order valence-electron chi connectivity index (χ0n) is 17.3. The summed E-state index contributed by atoms with van der Waals surface area (Å²) in [4.78, 5) is 21.3. The van der Waals surface area contributed by atoms with Crippen molar-refractivity contribution in [3.63, 3.8) is 0 Å². The molecule has 0 radical (unpaired) electrons. The van der Waals surface area contributed by atoms with Gasteiger partial charge in [0, 0.05) is 37.8 Å². The molecule has 0 saturated carbocycles. The smallest absolute Gasteiger partial charge is 0.226 e. The average Bonchev–Trinajstić information content (AvgIpc) is 2.75. The average molecular weight is 408 g/mol. The van der Waals surface area contributed by atoms with Crippen molar-refractivity contribution >= 4 is 34.7 Å². The Balaban J connectivity index is 1.60. The fourth-order valence-corrected chi connectivity index (χ4v) is 4.27. The number of benzene rings is 2. The van der Waals surface area contributed by atoms with Gasteiger partial charge in [0.15, 0.2) is 0 Å². The predicted octanol–water partition coefficient (Wildman–Crippen LogP) is 5.12. The Hall–Kier alpha value is -2.33. The van der Waals surface area contributed by atoms with Crippen molar-refractivity contribution in [2.45, 2.75) is 39.2 Å². The summed E-state index contributed by atoms with van der Waals surface area (Å²) in [5.74, 6) is 0.638. The number of anilines is 1. The van der Waals surface area contributed by atoms with Crippen molar-refractivity contribution in [1.29, 1.82) is 0 Å². The normalized spacial score (nSPS) is 19.4. The number of amides is 1. The topological polar surface area (TPSA) is 35.9 Å². The molecule has 2 aromatic rings. The Kier molecular flexibility index (Phi) is 7.70. The van der Waals surface area contributed by atoms with Crippen LogP contribution in [0.4, 0.5) is 11.4 Å². The van der Waals surface area contributed by atoms with Crippen LogP contribution in [0.25, 0.3) is 0 Å². The lowest BCUT2D eigenvalue weighted by molar-refractivity contribution is -0.119. The first-order valence-corrected chi connectivity index (χ1v) is 10.8. The number of rotatable bonds is 7. The largest absolute Gasteiger partial charge is 0.309 e. The summed E-state index contributed by atoms with van der Waals surface area (Å²) in [7, 11) is 0. The molecule has 0 aliphatic carbocycles. The third-order valence-corrected chi connectivity index (χ3v) is 5.80. The number of carbonyl (C=O) groups is 1. The molecule has 3 rings (SSSR count). The predicted molar refractivity (Wildman–Crippen MR) is 123 cm³/mol. The maximum absolute atomic E-state index is 12.7. The summed E-state index contributed by atoms with van der Waals surface area (Å²) in [6.07, 6.45) is 2.55. The molecule has 0 aromatic heterocycles. The van der Waals surface area contributed by atoms with Crippen molar-refractivity contribution < 1.29 is 4.79 Å². The van der Waals surface area contributed by atoms with Crippen LogP contribution in [0.5, 0.6) is 0 Å². The first-order chi connectivity index (χ1) is 14.1. The molecule has 1 aliphatic heterocycles. The zero-order chi connectivity index (χ0) is 20.6. The molecule has 1 aliphatic rings. The summed E-state index contributed by atoms with van der Waals surface area (Å²) in [6, 6.07) is 18.6. The second-order valence-electron chi connectivity index (χ2n) is 7.71. The van der Waals surface area contributed by atoms with Crippen LogP contribution in [-0.4, -0.2) is 41.6 Å². The lowest BCUT2D eigenvalue weighted by Gasteiger charge is -2.42. The van der Waals surface area contributed by atoms with Crippen LogP contribution >= 0.6 is 12.2 Å². The molecule has 2 aromatic carbocycles. The SMILES string of the molecule is CCC(=O)N(c1ccccc1)[C@@H]1CCN(CCc2ccc(N=C=S)cc2)C[C@H]1C. The summed E-state index contributed by atoms with van der Waals surface area (Å²) in [6.45, 7) is 7.27. The Labute approximate surface area is 179 Å². The van der Waals surface area contributed by atoms with E-state index in [4.69, 9.17) is 0 Å². The molecular weight excluding hydrogens is 378 g/mol. The summed E-state index contributed by atoms with van der Waals surface area (Å²) in [5, 5.41) is 2.40. The molecular formula is C24H29N3OS. The van der Waals surface area contributed by atoms with Crippen LogP contribution < -0.4 is 4.90 Å². The molecule has 1 heterocycles. The fraction of sp³-hybridized carbons (Fsp3) is 0.417. The fourth-order valence-electron chi connectivity index (χ4n) is 4.16. The lowest BCUT2D eigenvalue weighted by Crippen LogP contribution is -2.52. The highest BCUT2D eigenvalue weighted by Crippen LogP contribution is 2.28. The highest BCUT2D eigenvalue weighted by atomic mass is 32.1. The summed E-state index contributed by atoms with van der Waals surface area (Å²) < 4.78 is 0. The number of piperidine rings is 1. The van der Waals surface area contributed by atoms with E-state index >= 15 is 0 Å². The molecule has 5 heteroatoms. The molecule has 29 heavy (non-hydrogen) atoms. The molecule has 1 fully saturated rings. The minimum atomic E-state index is 0.209. The molecule has 0 unspecified atom stereocenters. The van der Waals surface area contributed by atoms with E-state index in [1.807, 2.05) is 54.3 Å². The van der Waals surface area contributed by atoms with E-state index in [0.29, 0.717) is 12.3 Å². The van der Waals surface area contributed by atoms with Crippen molar-refractivity contribution in [3.8, 4) is 0 Å². The second-order valence-corrected chi connectivity index (χ2v) is 7.89. The van der Waals surface area contributed by atoms with E-state index in [-0.39, 0.29) is 11.9 Å². The van der Waals surface area contributed by atoms with Crippen LogP contribution in [0, 0.1) is 5.92 Å². The Morgan fingerprint density at radius 2 is 1.93 bits per heavy atom. The molecule has 0 N–H and O–H groups in total. The van der Waals surface area contributed by atoms with Crippen LogP contribution in [0.1, 0.15) is 32.3 Å². The van der Waals surface area contributed by atoms with E-state index < -0.39 is 0 Å². The quantitative estimate of drug-likeness (QED) is 0.472. The Morgan fingerprint density at radius 3 is 2.55 bits per heavy atom. The van der Waals surface area contributed by atoms with Crippen molar-refractivity contribution in [1.82, 2.24) is 4.90 Å². The van der Waals surface area contributed by atoms with Gasteiger partial charge in [-0.3, -0.25) is 4.79 Å². The summed E-state index contributed by atoms with van der Waals surface area (Å²) >= 11 is 4.65. The minimum Gasteiger partial charge on any atom is -0.309 e. The molecule has 4 nitrogen and oxygen atoms in total. The van der Waals surface area contributed by atoms with Crippen LogP contribution in [0.15, 0.2) is 59.6 Å². The Bertz CT molecular complexity index is 846. The molecule has 0 bridgehead atoms. The zero-order valence-corrected chi connectivity index (χ0v) is 18.1. The van der Waals surface area contributed by atoms with Crippen molar-refractivity contribution in [2.75, 3.05) is 24.5 Å². The molecule has 1 amide bonds. The van der Waals surface area contributed by atoms with Crippen LogP contribution in [0.2, 0.25) is 0 Å². The van der Waals surface area contributed by atoms with Gasteiger partial charge >= 0.3 is 0 Å². The van der Waals surface area contributed by atoms with Gasteiger partial charge in [-0.25, -0.2) is 0 Å². The van der Waals surface area contributed by atoms with E-state index in [2.05, 4.69) is 46.3 Å². The van der Waals surface area contributed by atoms with Crippen molar-refractivity contribution in [2.24, 2.45) is 10.9 Å². The van der Waals surface area contributed by atoms with Gasteiger partial charge in [0.05, 0.1) is 10.8 Å². The van der Waals surface area contributed by atoms with Gasteiger partial charge in [0.1, 0.15) is 0 Å². The highest BCUT2D eigenvalue weighted by molar-refractivity contribution is 7.78. The highest BCUT2D eigenvalue weighted by Gasteiger charge is 2.33. The number of carbonyl (C=O) groups excluding carboxylic acids is 1. The number of hydrogen-bond donors (Lipinski definition) is 0. The number of para-hydroxylation sites is 1. The van der Waals surface area contributed by atoms with Gasteiger partial charge in [-0.05, 0) is 60.8 Å². The number of aliphatic imine (C=N–C) groups is 1. The molecule has 2 atom stereocenters. The first kappa shape index (κ1) is 21.4. The van der Waals surface area contributed by atoms with E-state index in [1.54, 1.807) is 0 Å². The number of hydrogen-bond acceptors (Lipinski definition) is 4. The van der Waals surface area contributed by atoms with E-state index in [1.165, 1.54) is 5.56 Å². The molecule has 1 saturated heterocycles. The third-order valence-electron chi connectivity index (χ3n) is 5.71. The first-order valence-electron chi connectivity index (χ1n) is 10.4. The van der Waals surface area contributed by atoms with E-state index in [0.717, 1.165) is 43.9 Å². The van der Waals surface area contributed by atoms with E-state index in [9.17, 15) is 4.79 Å². The number of isothiocyanates is 1. The third kappa shape index (κ3) is 5.60. The van der Waals surface area contributed by atoms with Gasteiger partial charge in [-0.15, -0.1) is 0 Å². The molecule has 152 valence electrons. The monoisotopic (exact) mass is 407 g/mol. The maximum atomic E-state index is 12.7. The van der Waals surface area contributed by atoms with Crippen molar-refractivity contribution in [3.05, 3.63) is 60.2 Å². The number of thiocarbonyl (C=S) groups is 1.